The monoisotopic (exact) mass is 268 g/mol. The summed E-state index contributed by atoms with van der Waals surface area (Å²) in [6.45, 7) is 6.53. The van der Waals surface area contributed by atoms with E-state index in [-0.39, 0.29) is 0 Å². The number of hydrogen-bond donors (Lipinski definition) is 0. The van der Waals surface area contributed by atoms with Gasteiger partial charge in [0, 0.05) is 5.92 Å². The van der Waals surface area contributed by atoms with Crippen LogP contribution in [0.25, 0.3) is 0 Å². The summed E-state index contributed by atoms with van der Waals surface area (Å²) >= 11 is 0. The molecule has 0 saturated heterocycles. The lowest BCUT2D eigenvalue weighted by molar-refractivity contribution is 0.411. The zero-order valence-electron chi connectivity index (χ0n) is 12.9. The van der Waals surface area contributed by atoms with Crippen molar-refractivity contribution < 1.29 is 4.74 Å². The number of rotatable bonds is 5. The molecule has 2 rings (SSSR count). The average Bonchev–Trinajstić information content (AvgIpc) is 2.50. The Balaban J connectivity index is 2.41. The van der Waals surface area contributed by atoms with Crippen LogP contribution in [0.15, 0.2) is 42.5 Å². The molecule has 0 radical (unpaired) electrons. The molecule has 106 valence electrons. The van der Waals surface area contributed by atoms with Crippen molar-refractivity contribution in [3.63, 3.8) is 0 Å². The second-order valence-electron chi connectivity index (χ2n) is 5.29. The number of ether oxygens (including phenoxy) is 1. The van der Waals surface area contributed by atoms with Crippen molar-refractivity contribution in [2.24, 2.45) is 0 Å². The van der Waals surface area contributed by atoms with Crippen LogP contribution in [0, 0.1) is 6.92 Å². The van der Waals surface area contributed by atoms with Gasteiger partial charge in [-0.25, -0.2) is 0 Å². The van der Waals surface area contributed by atoms with Gasteiger partial charge in [0.1, 0.15) is 5.75 Å². The highest BCUT2D eigenvalue weighted by molar-refractivity contribution is 5.42. The molecule has 0 aliphatic heterocycles. The summed E-state index contributed by atoms with van der Waals surface area (Å²) in [6, 6.07) is 15.5. The van der Waals surface area contributed by atoms with E-state index < -0.39 is 0 Å². The Bertz CT molecular complexity index is 572. The fraction of sp³-hybridized carbons (Fsp3) is 0.368. The van der Waals surface area contributed by atoms with Crippen molar-refractivity contribution in [1.82, 2.24) is 0 Å². The van der Waals surface area contributed by atoms with Crippen LogP contribution in [0.2, 0.25) is 0 Å². The molecule has 0 fully saturated rings. The quantitative estimate of drug-likeness (QED) is 0.732. The van der Waals surface area contributed by atoms with Gasteiger partial charge in [0.05, 0.1) is 7.11 Å². The Morgan fingerprint density at radius 2 is 1.75 bits per heavy atom. The maximum absolute atomic E-state index is 5.46. The molecule has 2 aromatic rings. The van der Waals surface area contributed by atoms with Crippen molar-refractivity contribution >= 4 is 0 Å². The molecule has 0 spiro atoms. The Hall–Kier alpha value is -1.76. The predicted octanol–water partition coefficient (Wildman–Crippen LogP) is 5.11. The lowest BCUT2D eigenvalue weighted by Gasteiger charge is -2.18. The van der Waals surface area contributed by atoms with Gasteiger partial charge in [0.25, 0.3) is 0 Å². The molecule has 1 nitrogen and oxygen atoms in total. The summed E-state index contributed by atoms with van der Waals surface area (Å²) < 4.78 is 5.46. The van der Waals surface area contributed by atoms with Crippen molar-refractivity contribution in [2.45, 2.75) is 39.5 Å². The highest BCUT2D eigenvalue weighted by Crippen LogP contribution is 2.31. The van der Waals surface area contributed by atoms with Crippen LogP contribution in [0.5, 0.6) is 5.75 Å². The van der Waals surface area contributed by atoms with E-state index >= 15 is 0 Å². The maximum atomic E-state index is 5.46. The molecule has 0 aromatic heterocycles. The Kier molecular flexibility index (Phi) is 4.84. The average molecular weight is 268 g/mol. The summed E-state index contributed by atoms with van der Waals surface area (Å²) in [4.78, 5) is 0. The fourth-order valence-corrected chi connectivity index (χ4v) is 2.75. The van der Waals surface area contributed by atoms with Crippen LogP contribution in [0.4, 0.5) is 0 Å². The van der Waals surface area contributed by atoms with Crippen LogP contribution in [-0.4, -0.2) is 7.11 Å². The van der Waals surface area contributed by atoms with Crippen molar-refractivity contribution in [2.75, 3.05) is 7.11 Å². The normalized spacial score (nSPS) is 12.2. The van der Waals surface area contributed by atoms with Gasteiger partial charge in [0.15, 0.2) is 0 Å². The molecule has 0 aliphatic rings. The van der Waals surface area contributed by atoms with E-state index in [0.717, 1.165) is 18.6 Å². The van der Waals surface area contributed by atoms with E-state index in [4.69, 9.17) is 4.74 Å². The van der Waals surface area contributed by atoms with Crippen LogP contribution >= 0.6 is 0 Å². The summed E-state index contributed by atoms with van der Waals surface area (Å²) in [6.07, 6.45) is 2.18. The molecule has 0 aliphatic carbocycles. The molecule has 0 saturated carbocycles. The van der Waals surface area contributed by atoms with Gasteiger partial charge in [-0.15, -0.1) is 0 Å². The molecule has 1 heteroatoms. The molecule has 1 atom stereocenters. The molecular formula is C19H24O. The first-order valence-corrected chi connectivity index (χ1v) is 7.43. The second kappa shape index (κ2) is 6.60. The predicted molar refractivity (Wildman–Crippen MR) is 85.7 cm³/mol. The molecule has 0 N–H and O–H groups in total. The SMILES string of the molecule is CCc1cccc(C(CC)c2ccc(C)c(OC)c2)c1. The second-order valence-corrected chi connectivity index (χ2v) is 5.29. The Morgan fingerprint density at radius 1 is 1.00 bits per heavy atom. The Morgan fingerprint density at radius 3 is 2.40 bits per heavy atom. The molecule has 0 bridgehead atoms. The van der Waals surface area contributed by atoms with E-state index in [1.165, 1.54) is 22.3 Å². The third-order valence-electron chi connectivity index (χ3n) is 4.00. The van der Waals surface area contributed by atoms with Gasteiger partial charge >= 0.3 is 0 Å². The minimum atomic E-state index is 0.441. The molecule has 0 heterocycles. The zero-order valence-corrected chi connectivity index (χ0v) is 12.9. The number of aryl methyl sites for hydroxylation is 2. The lowest BCUT2D eigenvalue weighted by Crippen LogP contribution is -2.01. The first-order chi connectivity index (χ1) is 9.69. The topological polar surface area (TPSA) is 9.23 Å². The summed E-state index contributed by atoms with van der Waals surface area (Å²) in [7, 11) is 1.74. The van der Waals surface area contributed by atoms with Crippen molar-refractivity contribution in [3.8, 4) is 5.75 Å². The zero-order chi connectivity index (χ0) is 14.5. The van der Waals surface area contributed by atoms with E-state index in [1.807, 2.05) is 0 Å². The van der Waals surface area contributed by atoms with Crippen LogP contribution < -0.4 is 4.74 Å². The summed E-state index contributed by atoms with van der Waals surface area (Å²) in [5.74, 6) is 1.42. The van der Waals surface area contributed by atoms with Crippen molar-refractivity contribution in [3.05, 3.63) is 64.7 Å². The van der Waals surface area contributed by atoms with Crippen LogP contribution in [0.1, 0.15) is 48.4 Å². The minimum Gasteiger partial charge on any atom is -0.496 e. The van der Waals surface area contributed by atoms with Gasteiger partial charge in [-0.2, -0.15) is 0 Å². The Labute approximate surface area is 122 Å². The molecular weight excluding hydrogens is 244 g/mol. The van der Waals surface area contributed by atoms with Gasteiger partial charge in [0.2, 0.25) is 0 Å². The van der Waals surface area contributed by atoms with Crippen LogP contribution in [-0.2, 0) is 6.42 Å². The van der Waals surface area contributed by atoms with Crippen molar-refractivity contribution in [1.29, 1.82) is 0 Å². The van der Waals surface area contributed by atoms with Gasteiger partial charge in [-0.05, 0) is 48.1 Å². The van der Waals surface area contributed by atoms with E-state index in [0.29, 0.717) is 5.92 Å². The smallest absolute Gasteiger partial charge is 0.122 e. The highest BCUT2D eigenvalue weighted by Gasteiger charge is 2.14. The maximum Gasteiger partial charge on any atom is 0.122 e. The molecule has 20 heavy (non-hydrogen) atoms. The van der Waals surface area contributed by atoms with Crippen LogP contribution in [0.3, 0.4) is 0 Å². The van der Waals surface area contributed by atoms with Gasteiger partial charge < -0.3 is 4.74 Å². The third kappa shape index (κ3) is 3.04. The number of hydrogen-bond acceptors (Lipinski definition) is 1. The van der Waals surface area contributed by atoms with E-state index in [1.54, 1.807) is 7.11 Å². The van der Waals surface area contributed by atoms with E-state index in [2.05, 4.69) is 63.2 Å². The standard InChI is InChI=1S/C19H24O/c1-5-15-8-7-9-16(12-15)18(6-2)17-11-10-14(3)19(13-17)20-4/h7-13,18H,5-6H2,1-4H3. The van der Waals surface area contributed by atoms with E-state index in [9.17, 15) is 0 Å². The number of benzene rings is 2. The highest BCUT2D eigenvalue weighted by atomic mass is 16.5. The minimum absolute atomic E-state index is 0.441. The first kappa shape index (κ1) is 14.6. The van der Waals surface area contributed by atoms with Gasteiger partial charge in [-0.3, -0.25) is 0 Å². The molecule has 1 unspecified atom stereocenters. The molecule has 0 amide bonds. The third-order valence-corrected chi connectivity index (χ3v) is 4.00. The van der Waals surface area contributed by atoms with Gasteiger partial charge in [-0.1, -0.05) is 50.2 Å². The molecule has 2 aromatic carbocycles. The summed E-state index contributed by atoms with van der Waals surface area (Å²) in [5.41, 5.74) is 5.33. The lowest BCUT2D eigenvalue weighted by atomic mass is 9.87. The fourth-order valence-electron chi connectivity index (χ4n) is 2.75. The largest absolute Gasteiger partial charge is 0.496 e. The first-order valence-electron chi connectivity index (χ1n) is 7.43. The summed E-state index contributed by atoms with van der Waals surface area (Å²) in [5, 5.41) is 0. The number of methoxy groups -OCH3 is 1.